The third kappa shape index (κ3) is 4.57. The summed E-state index contributed by atoms with van der Waals surface area (Å²) >= 11 is 0. The molecule has 3 aliphatic carbocycles. The maximum Gasteiger partial charge on any atom is 0.0725 e. The first kappa shape index (κ1) is 35.8. The van der Waals surface area contributed by atoms with Crippen LogP contribution in [0.4, 0.5) is 0 Å². The monoisotopic (exact) mass is 810 g/mol. The topological polar surface area (TPSA) is 0 Å². The van der Waals surface area contributed by atoms with Gasteiger partial charge in [-0.15, -0.1) is 0 Å². The molecule has 11 aromatic rings. The van der Waals surface area contributed by atoms with Crippen LogP contribution in [0.3, 0.4) is 0 Å². The van der Waals surface area contributed by atoms with E-state index in [0.29, 0.717) is 0 Å². The van der Waals surface area contributed by atoms with Crippen LogP contribution in [0.5, 0.6) is 0 Å². The standard InChI is InChI=1S/C64H42/c1-63(2)58-37-42-17-4-3-16-41(42)36-54(58)53-26-15-25-44(62(53)63)39-30-32-40(33-31-39)60-49-21-5-7-23-51(49)61(52-24-8-6-22-50(52)60)43-34-35-48-47-20-11-14-29-57(47)64(59(48)38-43)55-27-12-9-18-45(55)46-19-10-13-28-56(46)64/h3-38H,1-2H3. The zero-order valence-corrected chi connectivity index (χ0v) is 35.8. The van der Waals surface area contributed by atoms with Crippen molar-refractivity contribution in [1.82, 2.24) is 0 Å². The van der Waals surface area contributed by atoms with Gasteiger partial charge in [0.2, 0.25) is 0 Å². The molecule has 14 rings (SSSR count). The molecule has 0 unspecified atom stereocenters. The Morgan fingerprint density at radius 1 is 0.266 bits per heavy atom. The van der Waals surface area contributed by atoms with Gasteiger partial charge in [-0.2, -0.15) is 0 Å². The first-order valence-electron chi connectivity index (χ1n) is 22.7. The van der Waals surface area contributed by atoms with E-state index in [0.717, 1.165) is 0 Å². The van der Waals surface area contributed by atoms with E-state index in [1.165, 1.54) is 132 Å². The summed E-state index contributed by atoms with van der Waals surface area (Å²) in [5.41, 5.74) is 23.4. The van der Waals surface area contributed by atoms with Crippen molar-refractivity contribution in [3.8, 4) is 66.8 Å². The molecule has 0 fully saturated rings. The van der Waals surface area contributed by atoms with E-state index in [9.17, 15) is 0 Å². The van der Waals surface area contributed by atoms with Gasteiger partial charge in [-0.25, -0.2) is 0 Å². The van der Waals surface area contributed by atoms with Gasteiger partial charge in [-0.1, -0.05) is 214 Å². The van der Waals surface area contributed by atoms with E-state index in [1.54, 1.807) is 0 Å². The highest BCUT2D eigenvalue weighted by atomic mass is 14.5. The number of benzene rings is 11. The predicted molar refractivity (Wildman–Crippen MR) is 269 cm³/mol. The lowest BCUT2D eigenvalue weighted by atomic mass is 9.70. The van der Waals surface area contributed by atoms with Crippen molar-refractivity contribution in [2.24, 2.45) is 0 Å². The molecule has 0 heterocycles. The van der Waals surface area contributed by atoms with Crippen molar-refractivity contribution in [2.75, 3.05) is 0 Å². The van der Waals surface area contributed by atoms with Gasteiger partial charge in [-0.3, -0.25) is 0 Å². The molecule has 0 nitrogen and oxygen atoms in total. The summed E-state index contributed by atoms with van der Waals surface area (Å²) in [6, 6.07) is 82.7. The average Bonchev–Trinajstić information content (AvgIpc) is 3.90. The molecule has 11 aromatic carbocycles. The number of hydrogen-bond acceptors (Lipinski definition) is 0. The Hall–Kier alpha value is -7.80. The molecule has 0 amide bonds. The molecule has 0 radical (unpaired) electrons. The highest BCUT2D eigenvalue weighted by Crippen LogP contribution is 2.63. The second-order valence-corrected chi connectivity index (χ2v) is 18.7. The summed E-state index contributed by atoms with van der Waals surface area (Å²) in [7, 11) is 0. The molecule has 0 aromatic heterocycles. The van der Waals surface area contributed by atoms with Gasteiger partial charge in [-0.05, 0) is 151 Å². The number of fused-ring (bicyclic) bond motifs is 16. The minimum absolute atomic E-state index is 0.128. The maximum atomic E-state index is 2.54. The van der Waals surface area contributed by atoms with Crippen LogP contribution in [0.15, 0.2) is 218 Å². The summed E-state index contributed by atoms with van der Waals surface area (Å²) in [6.07, 6.45) is 0. The predicted octanol–water partition coefficient (Wildman–Crippen LogP) is 16.8. The number of hydrogen-bond donors (Lipinski definition) is 0. The molecule has 64 heavy (non-hydrogen) atoms. The second-order valence-electron chi connectivity index (χ2n) is 18.7. The summed E-state index contributed by atoms with van der Waals surface area (Å²) < 4.78 is 0. The molecule has 0 atom stereocenters. The lowest BCUT2D eigenvalue weighted by Gasteiger charge is -2.30. The average molecular weight is 811 g/mol. The van der Waals surface area contributed by atoms with Crippen LogP contribution in [0.1, 0.15) is 47.2 Å². The minimum Gasteiger partial charge on any atom is -0.0619 e. The van der Waals surface area contributed by atoms with Gasteiger partial charge in [0.15, 0.2) is 0 Å². The quantitative estimate of drug-likeness (QED) is 0.156. The van der Waals surface area contributed by atoms with Crippen LogP contribution < -0.4 is 0 Å². The van der Waals surface area contributed by atoms with Crippen molar-refractivity contribution < 1.29 is 0 Å². The van der Waals surface area contributed by atoms with Crippen molar-refractivity contribution in [2.45, 2.75) is 24.7 Å². The molecule has 0 bridgehead atoms. The SMILES string of the molecule is CC1(C)c2cc3ccccc3cc2-c2cccc(-c3ccc(-c4c5ccccc5c(-c5ccc6c(c5)C5(c7ccccc7-c7ccccc75)c5ccccc5-6)c5ccccc45)cc3)c21. The van der Waals surface area contributed by atoms with Gasteiger partial charge in [0, 0.05) is 5.41 Å². The smallest absolute Gasteiger partial charge is 0.0619 e. The molecule has 0 heteroatoms. The summed E-state index contributed by atoms with van der Waals surface area (Å²) in [5, 5.41) is 7.66. The third-order valence-electron chi connectivity index (χ3n) is 15.2. The summed E-state index contributed by atoms with van der Waals surface area (Å²) in [5.74, 6) is 0. The molecule has 298 valence electrons. The fourth-order valence-electron chi connectivity index (χ4n) is 12.6. The van der Waals surface area contributed by atoms with Crippen molar-refractivity contribution in [1.29, 1.82) is 0 Å². The lowest BCUT2D eigenvalue weighted by Crippen LogP contribution is -2.25. The van der Waals surface area contributed by atoms with E-state index in [-0.39, 0.29) is 5.41 Å². The van der Waals surface area contributed by atoms with Gasteiger partial charge < -0.3 is 0 Å². The molecular formula is C64H42. The third-order valence-corrected chi connectivity index (χ3v) is 15.2. The van der Waals surface area contributed by atoms with Crippen LogP contribution in [0.25, 0.3) is 99.1 Å². The van der Waals surface area contributed by atoms with Crippen molar-refractivity contribution in [3.05, 3.63) is 252 Å². The zero-order valence-electron chi connectivity index (χ0n) is 35.8. The number of rotatable bonds is 3. The normalized spacial score (nSPS) is 14.3. The van der Waals surface area contributed by atoms with Crippen LogP contribution in [-0.4, -0.2) is 0 Å². The van der Waals surface area contributed by atoms with Crippen LogP contribution in [-0.2, 0) is 10.8 Å². The molecule has 0 N–H and O–H groups in total. The highest BCUT2D eigenvalue weighted by Gasteiger charge is 2.51. The van der Waals surface area contributed by atoms with Crippen LogP contribution in [0.2, 0.25) is 0 Å². The van der Waals surface area contributed by atoms with E-state index in [2.05, 4.69) is 232 Å². The van der Waals surface area contributed by atoms with Crippen molar-refractivity contribution >= 4 is 32.3 Å². The van der Waals surface area contributed by atoms with Crippen molar-refractivity contribution in [3.63, 3.8) is 0 Å². The van der Waals surface area contributed by atoms with Gasteiger partial charge >= 0.3 is 0 Å². The minimum atomic E-state index is -0.395. The Morgan fingerprint density at radius 2 is 0.688 bits per heavy atom. The van der Waals surface area contributed by atoms with Crippen LogP contribution >= 0.6 is 0 Å². The Morgan fingerprint density at radius 3 is 1.27 bits per heavy atom. The highest BCUT2D eigenvalue weighted by molar-refractivity contribution is 6.21. The van der Waals surface area contributed by atoms with Gasteiger partial charge in [0.25, 0.3) is 0 Å². The second kappa shape index (κ2) is 12.9. The Kier molecular flexibility index (Phi) is 7.20. The summed E-state index contributed by atoms with van der Waals surface area (Å²) in [6.45, 7) is 4.80. The molecule has 3 aliphatic rings. The summed E-state index contributed by atoms with van der Waals surface area (Å²) in [4.78, 5) is 0. The molecule has 0 saturated heterocycles. The first-order chi connectivity index (χ1) is 31.5. The Bertz CT molecular complexity index is 3680. The fourth-order valence-corrected chi connectivity index (χ4v) is 12.6. The van der Waals surface area contributed by atoms with Gasteiger partial charge in [0.05, 0.1) is 5.41 Å². The molecular weight excluding hydrogens is 769 g/mol. The zero-order chi connectivity index (χ0) is 42.3. The van der Waals surface area contributed by atoms with E-state index >= 15 is 0 Å². The molecule has 0 saturated carbocycles. The Labute approximate surface area is 373 Å². The van der Waals surface area contributed by atoms with E-state index < -0.39 is 5.41 Å². The van der Waals surface area contributed by atoms with Crippen LogP contribution in [0, 0.1) is 0 Å². The first-order valence-corrected chi connectivity index (χ1v) is 22.7. The van der Waals surface area contributed by atoms with E-state index in [1.807, 2.05) is 0 Å². The van der Waals surface area contributed by atoms with Gasteiger partial charge in [0.1, 0.15) is 0 Å². The molecule has 1 spiro atoms. The lowest BCUT2D eigenvalue weighted by molar-refractivity contribution is 0.663. The fraction of sp³-hybridized carbons (Fsp3) is 0.0625. The van der Waals surface area contributed by atoms with E-state index in [4.69, 9.17) is 0 Å². The Balaban J connectivity index is 0.944. The molecule has 0 aliphatic heterocycles. The maximum absolute atomic E-state index is 2.54. The largest absolute Gasteiger partial charge is 0.0725 e.